The molecule has 11 heteroatoms. The van der Waals surface area contributed by atoms with Crippen LogP contribution < -0.4 is 5.32 Å². The fourth-order valence-corrected chi connectivity index (χ4v) is 6.66. The molecule has 2 aromatic rings. The SMILES string of the molecule is N#CC1(NC(=O)C2C[C@@H](S(=O)(=O)c3ccccc3Cl)C[C@H]2OCc2c(F)cc(Cl)cc2F)CC1. The normalized spacial score (nSPS) is 23.3. The van der Waals surface area contributed by atoms with Gasteiger partial charge in [-0.05, 0) is 49.9 Å². The van der Waals surface area contributed by atoms with Crippen LogP contribution in [-0.4, -0.2) is 31.2 Å². The monoisotopic (exact) mass is 528 g/mol. The van der Waals surface area contributed by atoms with Crippen molar-refractivity contribution in [2.45, 2.75) is 54.1 Å². The quantitative estimate of drug-likeness (QED) is 0.567. The van der Waals surface area contributed by atoms with Gasteiger partial charge in [-0.25, -0.2) is 17.2 Å². The molecule has 2 saturated carbocycles. The van der Waals surface area contributed by atoms with Gasteiger partial charge in [0.25, 0.3) is 0 Å². The fraction of sp³-hybridized carbons (Fsp3) is 0.391. The van der Waals surface area contributed by atoms with Crippen LogP contribution >= 0.6 is 23.2 Å². The molecule has 4 rings (SSSR count). The number of ether oxygens (including phenoxy) is 1. The van der Waals surface area contributed by atoms with Crippen molar-refractivity contribution < 1.29 is 26.7 Å². The Hall–Kier alpha value is -2.25. The van der Waals surface area contributed by atoms with Crippen molar-refractivity contribution in [1.29, 1.82) is 5.26 Å². The Kier molecular flexibility index (Phi) is 6.89. The van der Waals surface area contributed by atoms with Gasteiger partial charge in [-0.1, -0.05) is 35.3 Å². The van der Waals surface area contributed by atoms with Crippen LogP contribution in [-0.2, 0) is 26.0 Å². The minimum absolute atomic E-state index is 0.0552. The summed E-state index contributed by atoms with van der Waals surface area (Å²) in [5.41, 5.74) is -1.34. The number of nitrogens with one attached hydrogen (secondary N) is 1. The Bertz CT molecular complexity index is 1250. The minimum atomic E-state index is -3.93. The first kappa shape index (κ1) is 24.9. The third kappa shape index (κ3) is 4.91. The number of halogens is 4. The lowest BCUT2D eigenvalue weighted by atomic mass is 10.0. The molecule has 3 atom stereocenters. The second-order valence-electron chi connectivity index (χ2n) is 8.56. The summed E-state index contributed by atoms with van der Waals surface area (Å²) in [5, 5.41) is 10.9. The van der Waals surface area contributed by atoms with E-state index < -0.39 is 56.8 Å². The Morgan fingerprint density at radius 3 is 2.41 bits per heavy atom. The number of sulfone groups is 1. The summed E-state index contributed by atoms with van der Waals surface area (Å²) in [6, 6.07) is 9.92. The first-order chi connectivity index (χ1) is 16.1. The van der Waals surface area contributed by atoms with Crippen LogP contribution in [0.2, 0.25) is 10.0 Å². The standard InChI is InChI=1S/C23H20Cl2F2N2O4S/c24-13-7-18(26)16(19(27)8-13)11-33-20-10-14(34(31,32)21-4-2-1-3-17(21)25)9-15(20)22(30)29-23(12-28)5-6-23/h1-4,7-8,14-15,20H,5-6,9-11H2,(H,29,30)/t14-,15?,20-/m1/s1. The number of nitriles is 1. The fourth-order valence-electron chi connectivity index (χ4n) is 4.14. The van der Waals surface area contributed by atoms with Crippen molar-refractivity contribution in [2.75, 3.05) is 0 Å². The molecule has 1 unspecified atom stereocenters. The predicted octanol–water partition coefficient (Wildman–Crippen LogP) is 4.58. The summed E-state index contributed by atoms with van der Waals surface area (Å²) in [4.78, 5) is 12.9. The largest absolute Gasteiger partial charge is 0.372 e. The maximum Gasteiger partial charge on any atom is 0.227 e. The maximum absolute atomic E-state index is 14.2. The van der Waals surface area contributed by atoms with Crippen LogP contribution in [0.3, 0.4) is 0 Å². The van der Waals surface area contributed by atoms with Gasteiger partial charge >= 0.3 is 0 Å². The van der Waals surface area contributed by atoms with Gasteiger partial charge in [-0.3, -0.25) is 4.79 Å². The number of hydrogen-bond donors (Lipinski definition) is 1. The van der Waals surface area contributed by atoms with Crippen LogP contribution in [0.1, 0.15) is 31.2 Å². The van der Waals surface area contributed by atoms with Crippen LogP contribution in [0, 0.1) is 28.9 Å². The van der Waals surface area contributed by atoms with Crippen LogP contribution in [0.4, 0.5) is 8.78 Å². The summed E-state index contributed by atoms with van der Waals surface area (Å²) in [6.45, 7) is -0.522. The maximum atomic E-state index is 14.2. The summed E-state index contributed by atoms with van der Waals surface area (Å²) < 4.78 is 60.7. The molecule has 0 radical (unpaired) electrons. The highest BCUT2D eigenvalue weighted by Gasteiger charge is 2.50. The lowest BCUT2D eigenvalue weighted by Gasteiger charge is -2.21. The van der Waals surface area contributed by atoms with Crippen molar-refractivity contribution in [1.82, 2.24) is 5.32 Å². The predicted molar refractivity (Wildman–Crippen MR) is 121 cm³/mol. The highest BCUT2D eigenvalue weighted by molar-refractivity contribution is 7.92. The Morgan fingerprint density at radius 1 is 1.18 bits per heavy atom. The van der Waals surface area contributed by atoms with Crippen LogP contribution in [0.15, 0.2) is 41.3 Å². The van der Waals surface area contributed by atoms with Gasteiger partial charge in [-0.2, -0.15) is 5.26 Å². The molecule has 2 aliphatic rings. The number of amides is 1. The molecule has 2 aliphatic carbocycles. The minimum Gasteiger partial charge on any atom is -0.372 e. The Morgan fingerprint density at radius 2 is 1.82 bits per heavy atom. The molecule has 1 amide bonds. The highest BCUT2D eigenvalue weighted by Crippen LogP contribution is 2.40. The van der Waals surface area contributed by atoms with Crippen molar-refractivity contribution in [2.24, 2.45) is 5.92 Å². The topological polar surface area (TPSA) is 96.3 Å². The second-order valence-corrected chi connectivity index (χ2v) is 11.6. The van der Waals surface area contributed by atoms with Crippen LogP contribution in [0.25, 0.3) is 0 Å². The zero-order valence-corrected chi connectivity index (χ0v) is 20.1. The van der Waals surface area contributed by atoms with Crippen molar-refractivity contribution in [3.8, 4) is 6.07 Å². The third-order valence-electron chi connectivity index (χ3n) is 6.25. The van der Waals surface area contributed by atoms with E-state index >= 15 is 0 Å². The molecule has 0 aromatic heterocycles. The molecule has 2 aromatic carbocycles. The van der Waals surface area contributed by atoms with E-state index in [2.05, 4.69) is 11.4 Å². The number of rotatable bonds is 7. The number of nitrogens with zero attached hydrogens (tertiary/aromatic N) is 1. The number of carbonyl (C=O) groups excluding carboxylic acids is 1. The zero-order valence-electron chi connectivity index (χ0n) is 17.7. The van der Waals surface area contributed by atoms with E-state index in [1.807, 2.05) is 0 Å². The van der Waals surface area contributed by atoms with Crippen molar-refractivity contribution in [3.63, 3.8) is 0 Å². The summed E-state index contributed by atoms with van der Waals surface area (Å²) in [7, 11) is -3.93. The molecule has 34 heavy (non-hydrogen) atoms. The molecule has 6 nitrogen and oxygen atoms in total. The smallest absolute Gasteiger partial charge is 0.227 e. The van der Waals surface area contributed by atoms with Gasteiger partial charge in [0.1, 0.15) is 17.2 Å². The van der Waals surface area contributed by atoms with E-state index in [1.54, 1.807) is 12.1 Å². The molecule has 180 valence electrons. The highest BCUT2D eigenvalue weighted by atomic mass is 35.5. The number of carbonyl (C=O) groups is 1. The molecule has 0 heterocycles. The first-order valence-electron chi connectivity index (χ1n) is 10.5. The molecule has 0 saturated heterocycles. The van der Waals surface area contributed by atoms with E-state index in [1.165, 1.54) is 12.1 Å². The number of benzene rings is 2. The second kappa shape index (κ2) is 9.42. The average molecular weight is 529 g/mol. The molecule has 2 fully saturated rings. The Labute approximate surface area is 205 Å². The van der Waals surface area contributed by atoms with Gasteiger partial charge < -0.3 is 10.1 Å². The van der Waals surface area contributed by atoms with E-state index in [4.69, 9.17) is 27.9 Å². The number of hydrogen-bond acceptors (Lipinski definition) is 5. The lowest BCUT2D eigenvalue weighted by Crippen LogP contribution is -2.42. The van der Waals surface area contributed by atoms with Crippen molar-refractivity contribution in [3.05, 3.63) is 63.6 Å². The zero-order chi connectivity index (χ0) is 24.7. The third-order valence-corrected chi connectivity index (χ3v) is 9.15. The molecular weight excluding hydrogens is 509 g/mol. The van der Waals surface area contributed by atoms with Gasteiger partial charge in [0.05, 0.1) is 39.9 Å². The molecule has 0 spiro atoms. The van der Waals surface area contributed by atoms with E-state index in [9.17, 15) is 27.3 Å². The molecule has 1 N–H and O–H groups in total. The Balaban J connectivity index is 1.59. The van der Waals surface area contributed by atoms with Gasteiger partial charge in [0.2, 0.25) is 5.91 Å². The molecule has 0 bridgehead atoms. The van der Waals surface area contributed by atoms with Gasteiger partial charge in [-0.15, -0.1) is 0 Å². The molecule has 0 aliphatic heterocycles. The lowest BCUT2D eigenvalue weighted by molar-refractivity contribution is -0.130. The van der Waals surface area contributed by atoms with Gasteiger partial charge in [0, 0.05) is 10.6 Å². The van der Waals surface area contributed by atoms with E-state index in [0.717, 1.165) is 12.1 Å². The van der Waals surface area contributed by atoms with E-state index in [0.29, 0.717) is 12.8 Å². The average Bonchev–Trinajstić information content (AvgIpc) is 3.40. The summed E-state index contributed by atoms with van der Waals surface area (Å²) in [6.07, 6.45) is -0.128. The first-order valence-corrected chi connectivity index (χ1v) is 12.8. The van der Waals surface area contributed by atoms with Crippen molar-refractivity contribution >= 4 is 38.9 Å². The summed E-state index contributed by atoms with van der Waals surface area (Å²) >= 11 is 11.8. The van der Waals surface area contributed by atoms with Gasteiger partial charge in [0.15, 0.2) is 9.84 Å². The molecular formula is C23H20Cl2F2N2O4S. The van der Waals surface area contributed by atoms with Crippen LogP contribution in [0.5, 0.6) is 0 Å². The van der Waals surface area contributed by atoms with E-state index in [-0.39, 0.29) is 33.3 Å². The summed E-state index contributed by atoms with van der Waals surface area (Å²) in [5.74, 6) is -3.29.